The van der Waals surface area contributed by atoms with Crippen molar-refractivity contribution in [1.29, 1.82) is 0 Å². The van der Waals surface area contributed by atoms with Crippen LogP contribution in [0, 0.1) is 23.7 Å². The second-order valence-electron chi connectivity index (χ2n) is 6.31. The van der Waals surface area contributed by atoms with E-state index in [4.69, 9.17) is 0 Å². The molecule has 5 heteroatoms. The lowest BCUT2D eigenvalue weighted by Gasteiger charge is -2.44. The SMILES string of the molecule is CN1CCN(C(=O)C2C3C=CC(CC3)C2C(=O)O)CC1. The van der Waals surface area contributed by atoms with Crippen LogP contribution < -0.4 is 0 Å². The number of hydrogen-bond donors (Lipinski definition) is 1. The van der Waals surface area contributed by atoms with Crippen LogP contribution in [0.25, 0.3) is 0 Å². The van der Waals surface area contributed by atoms with E-state index in [2.05, 4.69) is 11.0 Å². The first-order valence-corrected chi connectivity index (χ1v) is 7.46. The lowest BCUT2D eigenvalue weighted by molar-refractivity contribution is -0.157. The molecule has 1 N–H and O–H groups in total. The Balaban J connectivity index is 1.79. The van der Waals surface area contributed by atoms with E-state index >= 15 is 0 Å². The van der Waals surface area contributed by atoms with Crippen molar-refractivity contribution in [3.63, 3.8) is 0 Å². The number of nitrogens with zero attached hydrogens (tertiary/aromatic N) is 2. The Labute approximate surface area is 119 Å². The molecule has 4 unspecified atom stereocenters. The summed E-state index contributed by atoms with van der Waals surface area (Å²) in [6.07, 6.45) is 5.95. The lowest BCUT2D eigenvalue weighted by Crippen LogP contribution is -2.54. The van der Waals surface area contributed by atoms with E-state index in [1.165, 1.54) is 0 Å². The predicted octanol–water partition coefficient (Wildman–Crippen LogP) is 0.673. The second-order valence-corrected chi connectivity index (χ2v) is 6.31. The van der Waals surface area contributed by atoms with E-state index in [9.17, 15) is 14.7 Å². The first-order chi connectivity index (χ1) is 9.58. The van der Waals surface area contributed by atoms with Gasteiger partial charge in [-0.3, -0.25) is 9.59 Å². The van der Waals surface area contributed by atoms with E-state index < -0.39 is 11.9 Å². The van der Waals surface area contributed by atoms with E-state index in [0.717, 1.165) is 39.0 Å². The summed E-state index contributed by atoms with van der Waals surface area (Å²) in [5, 5.41) is 9.51. The van der Waals surface area contributed by atoms with E-state index in [-0.39, 0.29) is 23.7 Å². The maximum absolute atomic E-state index is 12.8. The van der Waals surface area contributed by atoms with Gasteiger partial charge in [-0.25, -0.2) is 0 Å². The van der Waals surface area contributed by atoms with Gasteiger partial charge in [0.15, 0.2) is 0 Å². The van der Waals surface area contributed by atoms with E-state index in [1.807, 2.05) is 18.0 Å². The number of amides is 1. The van der Waals surface area contributed by atoms with Crippen LogP contribution in [-0.2, 0) is 9.59 Å². The maximum Gasteiger partial charge on any atom is 0.307 e. The Bertz CT molecular complexity index is 440. The maximum atomic E-state index is 12.8. The molecule has 2 bridgehead atoms. The molecule has 110 valence electrons. The lowest BCUT2D eigenvalue weighted by atomic mass is 9.62. The fraction of sp³-hybridized carbons (Fsp3) is 0.733. The Hall–Kier alpha value is -1.36. The number of carboxylic acids is 1. The van der Waals surface area contributed by atoms with Gasteiger partial charge in [-0.15, -0.1) is 0 Å². The van der Waals surface area contributed by atoms with Crippen molar-refractivity contribution in [1.82, 2.24) is 9.80 Å². The van der Waals surface area contributed by atoms with Crippen LogP contribution in [0.4, 0.5) is 0 Å². The Kier molecular flexibility index (Phi) is 3.54. The largest absolute Gasteiger partial charge is 0.481 e. The highest BCUT2D eigenvalue weighted by Gasteiger charge is 2.49. The molecule has 1 saturated carbocycles. The molecule has 2 fully saturated rings. The van der Waals surface area contributed by atoms with Gasteiger partial charge < -0.3 is 14.9 Å². The van der Waals surface area contributed by atoms with Crippen molar-refractivity contribution >= 4 is 11.9 Å². The number of carbonyl (C=O) groups is 2. The monoisotopic (exact) mass is 278 g/mol. The van der Waals surface area contributed by atoms with Crippen LogP contribution in [0.15, 0.2) is 12.2 Å². The van der Waals surface area contributed by atoms with Crippen LogP contribution in [-0.4, -0.2) is 60.0 Å². The van der Waals surface area contributed by atoms with Crippen molar-refractivity contribution in [2.24, 2.45) is 23.7 Å². The van der Waals surface area contributed by atoms with Crippen molar-refractivity contribution < 1.29 is 14.7 Å². The molecule has 4 atom stereocenters. The van der Waals surface area contributed by atoms with E-state index in [0.29, 0.717) is 0 Å². The highest BCUT2D eigenvalue weighted by atomic mass is 16.4. The third kappa shape index (κ3) is 2.24. The number of hydrogen-bond acceptors (Lipinski definition) is 3. The summed E-state index contributed by atoms with van der Waals surface area (Å²) in [5.74, 6) is -1.46. The second kappa shape index (κ2) is 5.20. The third-order valence-electron chi connectivity index (χ3n) is 5.13. The highest BCUT2D eigenvalue weighted by molar-refractivity contribution is 5.86. The number of likely N-dealkylation sites (N-methyl/N-ethyl adjacent to an activating group) is 1. The quantitative estimate of drug-likeness (QED) is 0.754. The molecule has 4 aliphatic rings. The number of carbonyl (C=O) groups excluding carboxylic acids is 1. The molecule has 1 aliphatic heterocycles. The molecule has 0 aromatic heterocycles. The van der Waals surface area contributed by atoms with Gasteiger partial charge in [0.05, 0.1) is 11.8 Å². The van der Waals surface area contributed by atoms with Gasteiger partial charge in [0.1, 0.15) is 0 Å². The number of aliphatic carboxylic acids is 1. The van der Waals surface area contributed by atoms with Crippen LogP contribution in [0.5, 0.6) is 0 Å². The predicted molar refractivity (Wildman–Crippen MR) is 74.0 cm³/mol. The summed E-state index contributed by atoms with van der Waals surface area (Å²) in [5.41, 5.74) is 0. The zero-order chi connectivity index (χ0) is 14.3. The number of piperazine rings is 1. The molecule has 1 amide bonds. The molecular weight excluding hydrogens is 256 g/mol. The number of fused-ring (bicyclic) bond motifs is 2. The molecule has 3 aliphatic carbocycles. The fourth-order valence-electron chi connectivity index (χ4n) is 3.91. The first kappa shape index (κ1) is 13.6. The smallest absolute Gasteiger partial charge is 0.307 e. The molecule has 20 heavy (non-hydrogen) atoms. The average molecular weight is 278 g/mol. The molecule has 0 aromatic rings. The number of allylic oxidation sites excluding steroid dienone is 2. The summed E-state index contributed by atoms with van der Waals surface area (Å²) in [6.45, 7) is 3.19. The number of carboxylic acid groups (broad SMARTS) is 1. The Morgan fingerprint density at radius 2 is 1.55 bits per heavy atom. The normalized spacial score (nSPS) is 37.1. The molecule has 4 rings (SSSR count). The highest BCUT2D eigenvalue weighted by Crippen LogP contribution is 2.45. The summed E-state index contributed by atoms with van der Waals surface area (Å²) in [6, 6.07) is 0. The minimum absolute atomic E-state index is 0.0407. The molecule has 5 nitrogen and oxygen atoms in total. The zero-order valence-electron chi connectivity index (χ0n) is 11.9. The molecule has 0 aromatic carbocycles. The molecule has 1 heterocycles. The van der Waals surface area contributed by atoms with Gasteiger partial charge in [0.2, 0.25) is 5.91 Å². The van der Waals surface area contributed by atoms with Crippen LogP contribution in [0.3, 0.4) is 0 Å². The minimum atomic E-state index is -0.809. The molecule has 1 saturated heterocycles. The van der Waals surface area contributed by atoms with Crippen molar-refractivity contribution in [2.45, 2.75) is 12.8 Å². The van der Waals surface area contributed by atoms with Crippen molar-refractivity contribution in [3.05, 3.63) is 12.2 Å². The zero-order valence-corrected chi connectivity index (χ0v) is 11.9. The van der Waals surface area contributed by atoms with Gasteiger partial charge in [0, 0.05) is 26.2 Å². The van der Waals surface area contributed by atoms with Gasteiger partial charge >= 0.3 is 5.97 Å². The van der Waals surface area contributed by atoms with Gasteiger partial charge in [-0.05, 0) is 31.7 Å². The van der Waals surface area contributed by atoms with Crippen LogP contribution in [0.1, 0.15) is 12.8 Å². The Morgan fingerprint density at radius 3 is 2.05 bits per heavy atom. The van der Waals surface area contributed by atoms with Gasteiger partial charge in [-0.2, -0.15) is 0 Å². The summed E-state index contributed by atoms with van der Waals surface area (Å²) in [7, 11) is 2.05. The minimum Gasteiger partial charge on any atom is -0.481 e. The molecule has 0 radical (unpaired) electrons. The van der Waals surface area contributed by atoms with Crippen LogP contribution in [0.2, 0.25) is 0 Å². The fourth-order valence-corrected chi connectivity index (χ4v) is 3.91. The molecular formula is C15H22N2O3. The first-order valence-electron chi connectivity index (χ1n) is 7.46. The number of rotatable bonds is 2. The topological polar surface area (TPSA) is 60.9 Å². The third-order valence-corrected chi connectivity index (χ3v) is 5.13. The summed E-state index contributed by atoms with van der Waals surface area (Å²) < 4.78 is 0. The summed E-state index contributed by atoms with van der Waals surface area (Å²) >= 11 is 0. The van der Waals surface area contributed by atoms with Crippen molar-refractivity contribution in [2.75, 3.05) is 33.2 Å². The van der Waals surface area contributed by atoms with Gasteiger partial charge in [0.25, 0.3) is 0 Å². The van der Waals surface area contributed by atoms with Crippen molar-refractivity contribution in [3.8, 4) is 0 Å². The Morgan fingerprint density at radius 1 is 1.00 bits per heavy atom. The average Bonchev–Trinajstić information content (AvgIpc) is 2.47. The summed E-state index contributed by atoms with van der Waals surface area (Å²) in [4.78, 5) is 28.4. The van der Waals surface area contributed by atoms with Gasteiger partial charge in [-0.1, -0.05) is 12.2 Å². The van der Waals surface area contributed by atoms with E-state index in [1.54, 1.807) is 0 Å². The standard InChI is InChI=1S/C15H22N2O3/c1-16-6-8-17(9-7-16)14(18)12-10-2-4-11(5-3-10)13(12)15(19)20/h2,4,10-13H,3,5-9H2,1H3,(H,19,20). The molecule has 0 spiro atoms. The van der Waals surface area contributed by atoms with Crippen LogP contribution >= 0.6 is 0 Å².